The van der Waals surface area contributed by atoms with E-state index in [0.717, 1.165) is 5.56 Å². The minimum absolute atomic E-state index is 0.238. The average molecular weight is 407 g/mol. The number of hydrogen-bond acceptors (Lipinski definition) is 5. The molecule has 0 fully saturated rings. The number of aromatic nitrogens is 1. The van der Waals surface area contributed by atoms with Gasteiger partial charge in [0, 0.05) is 23.8 Å². The quantitative estimate of drug-likeness (QED) is 0.522. The zero-order valence-corrected chi connectivity index (χ0v) is 17.6. The lowest BCUT2D eigenvalue weighted by molar-refractivity contribution is -0.689. The Bertz CT molecular complexity index is 952. The molecular formula is C24H27N2O4+. The normalized spacial score (nSPS) is 18.6. The molecule has 1 aromatic carbocycles. The number of pyridine rings is 1. The molecule has 0 aliphatic carbocycles. The van der Waals surface area contributed by atoms with Crippen molar-refractivity contribution in [2.75, 3.05) is 13.2 Å². The molecule has 0 saturated heterocycles. The van der Waals surface area contributed by atoms with E-state index in [1.165, 1.54) is 0 Å². The summed E-state index contributed by atoms with van der Waals surface area (Å²) >= 11 is 0. The van der Waals surface area contributed by atoms with Crippen LogP contribution in [0.25, 0.3) is 0 Å². The van der Waals surface area contributed by atoms with Gasteiger partial charge in [-0.05, 0) is 26.3 Å². The number of carbonyl (C=O) groups excluding carboxylic acids is 2. The maximum absolute atomic E-state index is 13.1. The van der Waals surface area contributed by atoms with Gasteiger partial charge in [0.15, 0.2) is 18.9 Å². The van der Waals surface area contributed by atoms with Crippen molar-refractivity contribution in [3.8, 4) is 0 Å². The Morgan fingerprint density at radius 2 is 1.60 bits per heavy atom. The number of benzene rings is 1. The van der Waals surface area contributed by atoms with Crippen molar-refractivity contribution in [2.45, 2.75) is 33.2 Å². The maximum Gasteiger partial charge on any atom is 0.336 e. The molecule has 0 radical (unpaired) electrons. The predicted molar refractivity (Wildman–Crippen MR) is 113 cm³/mol. The molecule has 2 aromatic rings. The highest BCUT2D eigenvalue weighted by Crippen LogP contribution is 2.40. The standard InChI is InChI=1S/C24H27N2O4/c1-4-29-23(27)20-17(3)25-19(16-26-14-10-7-11-15-26)22(24(28)30-5-2)21(20)18-12-8-6-9-13-18/h6-15,20-21H,4-5,16H2,1-3H3/q+1. The van der Waals surface area contributed by atoms with Gasteiger partial charge >= 0.3 is 11.9 Å². The van der Waals surface area contributed by atoms with Crippen molar-refractivity contribution >= 4 is 17.7 Å². The van der Waals surface area contributed by atoms with Gasteiger partial charge in [-0.15, -0.1) is 0 Å². The molecule has 6 heteroatoms. The third-order valence-electron chi connectivity index (χ3n) is 5.02. The number of esters is 2. The van der Waals surface area contributed by atoms with Crippen LogP contribution in [0.15, 0.2) is 77.2 Å². The van der Waals surface area contributed by atoms with Crippen molar-refractivity contribution in [2.24, 2.45) is 10.9 Å². The van der Waals surface area contributed by atoms with Crippen molar-refractivity contribution in [3.05, 3.63) is 77.8 Å². The summed E-state index contributed by atoms with van der Waals surface area (Å²) in [7, 11) is 0. The van der Waals surface area contributed by atoms with Crippen LogP contribution >= 0.6 is 0 Å². The van der Waals surface area contributed by atoms with Crippen molar-refractivity contribution in [1.82, 2.24) is 0 Å². The van der Waals surface area contributed by atoms with Gasteiger partial charge in [0.05, 0.1) is 18.8 Å². The summed E-state index contributed by atoms with van der Waals surface area (Å²) in [4.78, 5) is 30.7. The highest BCUT2D eigenvalue weighted by Gasteiger charge is 2.43. The Kier molecular flexibility index (Phi) is 7.12. The Morgan fingerprint density at radius 1 is 0.967 bits per heavy atom. The lowest BCUT2D eigenvalue weighted by Crippen LogP contribution is -2.40. The second kappa shape index (κ2) is 9.96. The lowest BCUT2D eigenvalue weighted by atomic mass is 9.75. The van der Waals surface area contributed by atoms with E-state index in [0.29, 0.717) is 23.5 Å². The molecule has 1 aromatic heterocycles. The molecule has 1 aliphatic heterocycles. The summed E-state index contributed by atoms with van der Waals surface area (Å²) in [6, 6.07) is 15.3. The first kappa shape index (κ1) is 21.4. The molecule has 0 bridgehead atoms. The number of ether oxygens (including phenoxy) is 2. The Labute approximate surface area is 176 Å². The fourth-order valence-corrected chi connectivity index (χ4v) is 3.77. The van der Waals surface area contributed by atoms with Crippen LogP contribution in [0.4, 0.5) is 0 Å². The minimum atomic E-state index is -0.684. The van der Waals surface area contributed by atoms with E-state index in [4.69, 9.17) is 14.5 Å². The number of rotatable bonds is 7. The Morgan fingerprint density at radius 3 is 2.23 bits per heavy atom. The number of hydrogen-bond donors (Lipinski definition) is 0. The molecule has 30 heavy (non-hydrogen) atoms. The summed E-state index contributed by atoms with van der Waals surface area (Å²) in [5.41, 5.74) is 2.48. The molecule has 2 heterocycles. The minimum Gasteiger partial charge on any atom is -0.465 e. The van der Waals surface area contributed by atoms with Crippen molar-refractivity contribution < 1.29 is 23.6 Å². The van der Waals surface area contributed by atoms with Gasteiger partial charge in [0.1, 0.15) is 11.6 Å². The summed E-state index contributed by atoms with van der Waals surface area (Å²) in [6.07, 6.45) is 3.82. The van der Waals surface area contributed by atoms with Gasteiger partial charge in [-0.2, -0.15) is 4.57 Å². The van der Waals surface area contributed by atoms with Gasteiger partial charge in [0.2, 0.25) is 0 Å². The number of carbonyl (C=O) groups is 2. The number of allylic oxidation sites excluding steroid dienone is 1. The Hall–Kier alpha value is -3.28. The molecule has 2 unspecified atom stereocenters. The van der Waals surface area contributed by atoms with Crippen LogP contribution < -0.4 is 4.57 Å². The molecular weight excluding hydrogens is 380 g/mol. The molecule has 2 atom stereocenters. The van der Waals surface area contributed by atoms with Gasteiger partial charge in [0.25, 0.3) is 0 Å². The van der Waals surface area contributed by atoms with Crippen LogP contribution in [-0.4, -0.2) is 30.9 Å². The summed E-state index contributed by atoms with van der Waals surface area (Å²) < 4.78 is 12.7. The van der Waals surface area contributed by atoms with Crippen LogP contribution in [0.3, 0.4) is 0 Å². The fourth-order valence-electron chi connectivity index (χ4n) is 3.77. The summed E-state index contributed by atoms with van der Waals surface area (Å²) in [6.45, 7) is 6.24. The van der Waals surface area contributed by atoms with E-state index < -0.39 is 17.8 Å². The molecule has 0 N–H and O–H groups in total. The fraction of sp³-hybridized carbons (Fsp3) is 0.333. The first-order valence-electron chi connectivity index (χ1n) is 10.2. The van der Waals surface area contributed by atoms with Crippen LogP contribution in [-0.2, 0) is 25.6 Å². The first-order chi connectivity index (χ1) is 14.6. The average Bonchev–Trinajstić information content (AvgIpc) is 2.75. The largest absolute Gasteiger partial charge is 0.465 e. The van der Waals surface area contributed by atoms with E-state index >= 15 is 0 Å². The van der Waals surface area contributed by atoms with Gasteiger partial charge in [-0.25, -0.2) is 4.79 Å². The highest BCUT2D eigenvalue weighted by atomic mass is 16.5. The first-order valence-corrected chi connectivity index (χ1v) is 10.2. The van der Waals surface area contributed by atoms with E-state index in [2.05, 4.69) is 0 Å². The van der Waals surface area contributed by atoms with Gasteiger partial charge < -0.3 is 9.47 Å². The van der Waals surface area contributed by atoms with E-state index in [-0.39, 0.29) is 19.2 Å². The molecule has 3 rings (SSSR count). The molecule has 0 spiro atoms. The zero-order chi connectivity index (χ0) is 21.5. The topological polar surface area (TPSA) is 68.8 Å². The molecule has 1 aliphatic rings. The molecule has 0 saturated carbocycles. The molecule has 6 nitrogen and oxygen atoms in total. The SMILES string of the molecule is CCOC(=O)C1=C(C[n+]2ccccc2)N=C(C)C(C(=O)OCC)C1c1ccccc1. The molecule has 0 amide bonds. The van der Waals surface area contributed by atoms with Gasteiger partial charge in [-0.3, -0.25) is 9.79 Å². The second-order valence-electron chi connectivity index (χ2n) is 7.00. The van der Waals surface area contributed by atoms with Crippen molar-refractivity contribution in [3.63, 3.8) is 0 Å². The van der Waals surface area contributed by atoms with Crippen LogP contribution in [0, 0.1) is 5.92 Å². The maximum atomic E-state index is 13.1. The van der Waals surface area contributed by atoms with Crippen LogP contribution in [0.2, 0.25) is 0 Å². The number of nitrogens with zero attached hydrogens (tertiary/aromatic N) is 2. The predicted octanol–water partition coefficient (Wildman–Crippen LogP) is 3.23. The highest BCUT2D eigenvalue weighted by molar-refractivity contribution is 6.07. The van der Waals surface area contributed by atoms with Crippen LogP contribution in [0.1, 0.15) is 32.3 Å². The van der Waals surface area contributed by atoms with E-state index in [1.54, 1.807) is 13.8 Å². The van der Waals surface area contributed by atoms with Crippen molar-refractivity contribution in [1.29, 1.82) is 0 Å². The third-order valence-corrected chi connectivity index (χ3v) is 5.02. The monoisotopic (exact) mass is 407 g/mol. The van der Waals surface area contributed by atoms with Crippen LogP contribution in [0.5, 0.6) is 0 Å². The third kappa shape index (κ3) is 4.64. The second-order valence-corrected chi connectivity index (χ2v) is 7.00. The lowest BCUT2D eigenvalue weighted by Gasteiger charge is -2.31. The van der Waals surface area contributed by atoms with E-state index in [9.17, 15) is 9.59 Å². The molecule has 156 valence electrons. The smallest absolute Gasteiger partial charge is 0.336 e. The zero-order valence-electron chi connectivity index (χ0n) is 17.6. The number of aliphatic imine (C=N–C) groups is 1. The van der Waals surface area contributed by atoms with E-state index in [1.807, 2.05) is 72.4 Å². The summed E-state index contributed by atoms with van der Waals surface area (Å²) in [5, 5.41) is 0. The van der Waals surface area contributed by atoms with Gasteiger partial charge in [-0.1, -0.05) is 36.4 Å². The Balaban J connectivity index is 2.18. The summed E-state index contributed by atoms with van der Waals surface area (Å²) in [5.74, 6) is -2.05.